The third-order valence-corrected chi connectivity index (χ3v) is 10.4. The van der Waals surface area contributed by atoms with Gasteiger partial charge in [-0.15, -0.1) is 0 Å². The number of aliphatic carboxylic acids is 1. The zero-order chi connectivity index (χ0) is 43.5. The monoisotopic (exact) mass is 828 g/mol. The highest BCUT2D eigenvalue weighted by Gasteiger charge is 2.25. The van der Waals surface area contributed by atoms with E-state index in [0.29, 0.717) is 12.8 Å². The number of nitrogens with zero attached hydrogens (tertiary/aromatic N) is 1. The fraction of sp³-hybridized carbons (Fsp3) is 0.745. The van der Waals surface area contributed by atoms with Gasteiger partial charge in [-0.3, -0.25) is 9.59 Å². The number of carbonyl (C=O) groups excluding carboxylic acids is 3. The van der Waals surface area contributed by atoms with Gasteiger partial charge in [0.25, 0.3) is 0 Å². The average Bonchev–Trinajstić information content (AvgIpc) is 3.19. The van der Waals surface area contributed by atoms with Crippen molar-refractivity contribution < 1.29 is 38.2 Å². The van der Waals surface area contributed by atoms with E-state index in [2.05, 4.69) is 74.6 Å². The van der Waals surface area contributed by atoms with Gasteiger partial charge in [-0.25, -0.2) is 0 Å². The van der Waals surface area contributed by atoms with Crippen LogP contribution in [0.4, 0.5) is 0 Å². The number of carboxylic acid groups (broad SMARTS) is 1. The van der Waals surface area contributed by atoms with Gasteiger partial charge in [0, 0.05) is 19.3 Å². The molecule has 0 amide bonds. The van der Waals surface area contributed by atoms with Gasteiger partial charge < -0.3 is 28.6 Å². The third kappa shape index (κ3) is 40.2. The lowest BCUT2D eigenvalue weighted by Crippen LogP contribution is -2.55. The molecule has 340 valence electrons. The van der Waals surface area contributed by atoms with Gasteiger partial charge in [0.1, 0.15) is 12.6 Å². The predicted octanol–water partition coefficient (Wildman–Crippen LogP) is 12.0. The summed E-state index contributed by atoms with van der Waals surface area (Å²) < 4.78 is 17.2. The maximum absolute atomic E-state index is 12.8. The Bertz CT molecular complexity index is 1150. The number of rotatable bonds is 42. The minimum Gasteiger partial charge on any atom is -0.544 e. The molecule has 0 spiro atoms. The lowest BCUT2D eigenvalue weighted by atomic mass is 10.0. The van der Waals surface area contributed by atoms with Crippen LogP contribution in [0, 0.1) is 0 Å². The van der Waals surface area contributed by atoms with Crippen molar-refractivity contribution >= 4 is 17.9 Å². The Morgan fingerprint density at radius 3 is 1.42 bits per heavy atom. The summed E-state index contributed by atoms with van der Waals surface area (Å²) in [5.74, 6) is -1.75. The number of unbranched alkanes of at least 4 members (excludes halogenated alkanes) is 18. The second kappa shape index (κ2) is 41.8. The highest BCUT2D eigenvalue weighted by Crippen LogP contribution is 2.14. The van der Waals surface area contributed by atoms with Crippen LogP contribution in [0.3, 0.4) is 0 Å². The quantitative estimate of drug-likeness (QED) is 0.0261. The molecule has 0 aliphatic carbocycles. The minimum atomic E-state index is -1.13. The molecule has 0 radical (unpaired) electrons. The second-order valence-electron chi connectivity index (χ2n) is 17.0. The average molecular weight is 828 g/mol. The largest absolute Gasteiger partial charge is 0.544 e. The van der Waals surface area contributed by atoms with E-state index in [1.165, 1.54) is 83.5 Å². The summed E-state index contributed by atoms with van der Waals surface area (Å²) in [5.41, 5.74) is 0. The van der Waals surface area contributed by atoms with Gasteiger partial charge in [-0.05, 0) is 77.0 Å². The SMILES string of the molecule is CC/C=C/C/C=C/C/C=C/C/C=C/CCCCCCCCCCCCC(=O)OC(COCCC(C(=O)[O-])[N+](C)(C)C)COC(=O)CCCCCCC/C=C/CCCCC. The first kappa shape index (κ1) is 56.0. The molecule has 2 unspecified atom stereocenters. The van der Waals surface area contributed by atoms with E-state index in [1.807, 2.05) is 0 Å². The first-order valence-electron chi connectivity index (χ1n) is 23.8. The summed E-state index contributed by atoms with van der Waals surface area (Å²) in [6.45, 7) is 4.51. The van der Waals surface area contributed by atoms with Crippen LogP contribution < -0.4 is 5.11 Å². The first-order chi connectivity index (χ1) is 28.6. The van der Waals surface area contributed by atoms with Gasteiger partial charge in [-0.1, -0.05) is 158 Å². The van der Waals surface area contributed by atoms with Gasteiger partial charge in [0.15, 0.2) is 6.10 Å². The lowest BCUT2D eigenvalue weighted by molar-refractivity contribution is -0.889. The number of carboxylic acids is 1. The van der Waals surface area contributed by atoms with E-state index in [-0.39, 0.29) is 42.7 Å². The lowest BCUT2D eigenvalue weighted by Gasteiger charge is -2.34. The minimum absolute atomic E-state index is 0.0351. The first-order valence-corrected chi connectivity index (χ1v) is 23.8. The standard InChI is InChI=1S/C51H89NO7/c1-6-8-10-12-14-16-18-20-21-22-23-24-25-26-27-28-29-30-32-34-36-38-40-42-50(54)59-47(45-57-44-43-48(51(55)56)52(3,4)5)46-58-49(53)41-39-37-35-33-31-19-17-15-13-11-9-7-2/h8,10,14-17,20-21,23-24,47-48H,6-7,9,11-13,18-19,22,25-46H2,1-5H3/b10-8+,16-14+,17-15+,21-20+,24-23+. The van der Waals surface area contributed by atoms with Crippen molar-refractivity contribution in [3.8, 4) is 0 Å². The summed E-state index contributed by atoms with van der Waals surface area (Å²) in [6, 6.07) is -0.729. The van der Waals surface area contributed by atoms with Crippen LogP contribution in [-0.4, -0.2) is 75.5 Å². The number of esters is 2. The number of quaternary nitrogens is 1. The van der Waals surface area contributed by atoms with Crippen molar-refractivity contribution in [3.63, 3.8) is 0 Å². The van der Waals surface area contributed by atoms with Crippen LogP contribution in [0.2, 0.25) is 0 Å². The Balaban J connectivity index is 4.25. The second-order valence-corrected chi connectivity index (χ2v) is 17.0. The Hall–Kier alpha value is -2.97. The maximum atomic E-state index is 12.8. The van der Waals surface area contributed by atoms with Crippen LogP contribution >= 0.6 is 0 Å². The molecule has 0 N–H and O–H groups in total. The van der Waals surface area contributed by atoms with E-state index in [9.17, 15) is 19.5 Å². The molecule has 0 aliphatic rings. The van der Waals surface area contributed by atoms with Crippen LogP contribution in [0.25, 0.3) is 0 Å². The molecule has 0 aliphatic heterocycles. The van der Waals surface area contributed by atoms with Crippen molar-refractivity contribution in [2.24, 2.45) is 0 Å². The summed E-state index contributed by atoms with van der Waals surface area (Å²) in [4.78, 5) is 36.9. The van der Waals surface area contributed by atoms with Gasteiger partial charge in [0.05, 0.1) is 40.3 Å². The van der Waals surface area contributed by atoms with Crippen molar-refractivity contribution in [2.75, 3.05) is 41.0 Å². The van der Waals surface area contributed by atoms with E-state index in [4.69, 9.17) is 14.2 Å². The molecule has 0 saturated carbocycles. The fourth-order valence-corrected chi connectivity index (χ4v) is 6.70. The highest BCUT2D eigenvalue weighted by molar-refractivity contribution is 5.70. The number of hydrogen-bond donors (Lipinski definition) is 0. The Morgan fingerprint density at radius 2 is 0.949 bits per heavy atom. The fourth-order valence-electron chi connectivity index (χ4n) is 6.70. The molecule has 0 rings (SSSR count). The molecule has 0 bridgehead atoms. The van der Waals surface area contributed by atoms with Gasteiger partial charge in [-0.2, -0.15) is 0 Å². The molecular formula is C51H89NO7. The number of carbonyl (C=O) groups is 3. The zero-order valence-corrected chi connectivity index (χ0v) is 38.7. The van der Waals surface area contributed by atoms with Gasteiger partial charge >= 0.3 is 11.9 Å². The van der Waals surface area contributed by atoms with Crippen molar-refractivity contribution in [1.82, 2.24) is 0 Å². The summed E-state index contributed by atoms with van der Waals surface area (Å²) in [5, 5.41) is 11.6. The number of ether oxygens (including phenoxy) is 3. The Kier molecular flexibility index (Phi) is 39.6. The number of allylic oxidation sites excluding steroid dienone is 10. The molecule has 8 heteroatoms. The van der Waals surface area contributed by atoms with E-state index in [1.54, 1.807) is 21.1 Å². The molecule has 59 heavy (non-hydrogen) atoms. The topological polar surface area (TPSA) is 102 Å². The van der Waals surface area contributed by atoms with Gasteiger partial charge in [0.2, 0.25) is 0 Å². The summed E-state index contributed by atoms with van der Waals surface area (Å²) in [7, 11) is 5.40. The molecule has 8 nitrogen and oxygen atoms in total. The van der Waals surface area contributed by atoms with Crippen molar-refractivity contribution in [3.05, 3.63) is 60.8 Å². The Morgan fingerprint density at radius 1 is 0.525 bits per heavy atom. The van der Waals surface area contributed by atoms with Crippen LogP contribution in [-0.2, 0) is 28.6 Å². The summed E-state index contributed by atoms with van der Waals surface area (Å²) in [6.07, 6.45) is 51.0. The molecule has 0 heterocycles. The van der Waals surface area contributed by atoms with Crippen molar-refractivity contribution in [2.45, 2.75) is 206 Å². The molecular weight excluding hydrogens is 739 g/mol. The Labute approximate surface area is 362 Å². The van der Waals surface area contributed by atoms with Crippen LogP contribution in [0.1, 0.15) is 194 Å². The van der Waals surface area contributed by atoms with E-state index in [0.717, 1.165) is 77.0 Å². The third-order valence-electron chi connectivity index (χ3n) is 10.4. The van der Waals surface area contributed by atoms with Crippen LogP contribution in [0.15, 0.2) is 60.8 Å². The summed E-state index contributed by atoms with van der Waals surface area (Å²) >= 11 is 0. The van der Waals surface area contributed by atoms with E-state index >= 15 is 0 Å². The molecule has 0 aromatic rings. The number of likely N-dealkylation sites (N-methyl/N-ethyl adjacent to an activating group) is 1. The molecule has 0 aromatic heterocycles. The molecule has 0 aromatic carbocycles. The maximum Gasteiger partial charge on any atom is 0.306 e. The van der Waals surface area contributed by atoms with Crippen molar-refractivity contribution in [1.29, 1.82) is 0 Å². The molecule has 2 atom stereocenters. The number of hydrogen-bond acceptors (Lipinski definition) is 7. The normalized spacial score (nSPS) is 13.4. The van der Waals surface area contributed by atoms with Crippen LogP contribution in [0.5, 0.6) is 0 Å². The molecule has 0 fully saturated rings. The smallest absolute Gasteiger partial charge is 0.306 e. The molecule has 0 saturated heterocycles. The predicted molar refractivity (Wildman–Crippen MR) is 245 cm³/mol. The zero-order valence-electron chi connectivity index (χ0n) is 38.7. The highest BCUT2D eigenvalue weighted by atomic mass is 16.6. The van der Waals surface area contributed by atoms with E-state index < -0.39 is 18.1 Å².